The van der Waals surface area contributed by atoms with Crippen molar-refractivity contribution in [3.8, 4) is 10.7 Å². The van der Waals surface area contributed by atoms with E-state index >= 15 is 0 Å². The topological polar surface area (TPSA) is 81.5 Å². The molecule has 0 bridgehead atoms. The van der Waals surface area contributed by atoms with Crippen molar-refractivity contribution in [1.29, 1.82) is 0 Å². The van der Waals surface area contributed by atoms with E-state index in [-0.39, 0.29) is 0 Å². The molecule has 146 valence electrons. The number of hydrogen-bond donors (Lipinski definition) is 1. The highest BCUT2D eigenvalue weighted by Crippen LogP contribution is 2.29. The number of nitrogens with zero attached hydrogens (tertiary/aromatic N) is 2. The van der Waals surface area contributed by atoms with Crippen LogP contribution in [0.1, 0.15) is 37.4 Å². The van der Waals surface area contributed by atoms with Gasteiger partial charge in [-0.15, -0.1) is 22.7 Å². The van der Waals surface area contributed by atoms with Crippen molar-refractivity contribution >= 4 is 34.7 Å². The Balaban J connectivity index is 2.07. The van der Waals surface area contributed by atoms with Gasteiger partial charge in [0.2, 0.25) is 0 Å². The predicted molar refractivity (Wildman–Crippen MR) is 109 cm³/mol. The zero-order valence-corrected chi connectivity index (χ0v) is 17.6. The summed E-state index contributed by atoms with van der Waals surface area (Å²) in [6.45, 7) is 6.00. The molecule has 2 atom stereocenters. The summed E-state index contributed by atoms with van der Waals surface area (Å²) < 4.78 is 9.78. The van der Waals surface area contributed by atoms with Gasteiger partial charge in [-0.05, 0) is 6.08 Å². The van der Waals surface area contributed by atoms with Crippen molar-refractivity contribution in [1.82, 2.24) is 9.97 Å². The van der Waals surface area contributed by atoms with Gasteiger partial charge in [0.1, 0.15) is 16.5 Å². The molecule has 0 amide bonds. The van der Waals surface area contributed by atoms with E-state index in [0.29, 0.717) is 11.7 Å². The largest absolute Gasteiger partial charge is 0.500 e. The molecule has 0 spiro atoms. The first-order valence-corrected chi connectivity index (χ1v) is 10.2. The minimum Gasteiger partial charge on any atom is -0.500 e. The lowest BCUT2D eigenvalue weighted by molar-refractivity contribution is -0.135. The maximum atomic E-state index is 11.4. The summed E-state index contributed by atoms with van der Waals surface area (Å²) in [7, 11) is 2.74. The Labute approximate surface area is 167 Å². The van der Waals surface area contributed by atoms with Crippen molar-refractivity contribution in [3.05, 3.63) is 39.4 Å². The number of hydrogen-bond acceptors (Lipinski definition) is 8. The van der Waals surface area contributed by atoms with Gasteiger partial charge in [-0.2, -0.15) is 0 Å². The number of thiazole rings is 2. The fourth-order valence-corrected chi connectivity index (χ4v) is 3.86. The maximum Gasteiger partial charge on any atom is 0.333 e. The third-order valence-corrected chi connectivity index (χ3v) is 5.91. The van der Waals surface area contributed by atoms with Gasteiger partial charge in [0.15, 0.2) is 0 Å². The number of ether oxygens (including phenoxy) is 2. The van der Waals surface area contributed by atoms with Crippen LogP contribution < -0.4 is 0 Å². The van der Waals surface area contributed by atoms with Crippen LogP contribution in [-0.2, 0) is 14.3 Å². The first-order chi connectivity index (χ1) is 12.8. The van der Waals surface area contributed by atoms with Crippen LogP contribution in [-0.4, -0.2) is 41.4 Å². The van der Waals surface area contributed by atoms with Crippen LogP contribution in [0.4, 0.5) is 0 Å². The second kappa shape index (κ2) is 9.77. The molecule has 0 aliphatic carbocycles. The van der Waals surface area contributed by atoms with Crippen LogP contribution in [0.5, 0.6) is 0 Å². The lowest BCUT2D eigenvalue weighted by Gasteiger charge is -2.17. The average Bonchev–Trinajstić information content (AvgIpc) is 3.32. The first kappa shape index (κ1) is 21.3. The third-order valence-electron chi connectivity index (χ3n) is 3.88. The van der Waals surface area contributed by atoms with Crippen molar-refractivity contribution in [2.45, 2.75) is 32.8 Å². The zero-order chi connectivity index (χ0) is 20.0. The normalized spacial score (nSPS) is 14.6. The van der Waals surface area contributed by atoms with Crippen molar-refractivity contribution < 1.29 is 19.4 Å². The van der Waals surface area contributed by atoms with Gasteiger partial charge in [-0.25, -0.2) is 14.8 Å². The highest BCUT2D eigenvalue weighted by atomic mass is 32.1. The van der Waals surface area contributed by atoms with Gasteiger partial charge in [0.05, 0.1) is 37.1 Å². The molecule has 0 saturated heterocycles. The Morgan fingerprint density at radius 2 is 1.89 bits per heavy atom. The Kier molecular flexibility index (Phi) is 7.70. The quantitative estimate of drug-likeness (QED) is 0.402. The fraction of sp³-hybridized carbons (Fsp3) is 0.421. The molecule has 2 rings (SSSR count). The van der Waals surface area contributed by atoms with Crippen molar-refractivity contribution in [2.24, 2.45) is 5.92 Å². The van der Waals surface area contributed by atoms with E-state index in [9.17, 15) is 9.90 Å². The minimum absolute atomic E-state index is 0.349. The van der Waals surface area contributed by atoms with Crippen molar-refractivity contribution in [3.63, 3.8) is 0 Å². The summed E-state index contributed by atoms with van der Waals surface area (Å²) in [5.74, 6) is -0.187. The molecule has 6 nitrogen and oxygen atoms in total. The highest BCUT2D eigenvalue weighted by molar-refractivity contribution is 7.14. The minimum atomic E-state index is -0.835. The fourth-order valence-electron chi connectivity index (χ4n) is 2.21. The second-order valence-corrected chi connectivity index (χ2v) is 7.96. The SMILES string of the molecule is COC(=O)/C=C(/OC)[C@H](C)[C@@H](O)/C=C/c1csc(-c2csc(C(C)C)n2)n1. The molecule has 0 aromatic carbocycles. The van der Waals surface area contributed by atoms with E-state index < -0.39 is 18.0 Å². The van der Waals surface area contributed by atoms with Crippen LogP contribution in [0, 0.1) is 5.92 Å². The molecule has 0 aliphatic heterocycles. The zero-order valence-electron chi connectivity index (χ0n) is 16.0. The molecule has 0 fully saturated rings. The first-order valence-electron chi connectivity index (χ1n) is 8.46. The Morgan fingerprint density at radius 1 is 1.15 bits per heavy atom. The molecule has 1 N–H and O–H groups in total. The molecular weight excluding hydrogens is 384 g/mol. The molecular formula is C19H24N2O4S2. The van der Waals surface area contributed by atoms with Crippen LogP contribution in [0.15, 0.2) is 28.7 Å². The van der Waals surface area contributed by atoms with E-state index in [1.165, 1.54) is 31.6 Å². The van der Waals surface area contributed by atoms with Gasteiger partial charge < -0.3 is 14.6 Å². The molecule has 0 aliphatic rings. The number of rotatable bonds is 8. The summed E-state index contributed by atoms with van der Waals surface area (Å²) in [5.41, 5.74) is 1.63. The maximum absolute atomic E-state index is 11.4. The summed E-state index contributed by atoms with van der Waals surface area (Å²) >= 11 is 3.15. The third kappa shape index (κ3) is 5.72. The van der Waals surface area contributed by atoms with E-state index in [2.05, 4.69) is 28.6 Å². The van der Waals surface area contributed by atoms with E-state index in [0.717, 1.165) is 21.4 Å². The molecule has 27 heavy (non-hydrogen) atoms. The molecule has 0 radical (unpaired) electrons. The van der Waals surface area contributed by atoms with Gasteiger partial charge in [0.25, 0.3) is 0 Å². The molecule has 8 heteroatoms. The summed E-state index contributed by atoms with van der Waals surface area (Å²) in [4.78, 5) is 20.5. The van der Waals surface area contributed by atoms with Crippen LogP contribution >= 0.6 is 22.7 Å². The predicted octanol–water partition coefficient (Wildman–Crippen LogP) is 4.10. The van der Waals surface area contributed by atoms with Crippen LogP contribution in [0.25, 0.3) is 16.8 Å². The van der Waals surface area contributed by atoms with E-state index in [4.69, 9.17) is 4.74 Å². The number of aromatic nitrogens is 2. The number of aliphatic hydroxyl groups is 1. The molecule has 0 saturated carbocycles. The lowest BCUT2D eigenvalue weighted by Crippen LogP contribution is -2.19. The summed E-state index contributed by atoms with van der Waals surface area (Å²) in [6, 6.07) is 0. The second-order valence-electron chi connectivity index (χ2n) is 6.22. The monoisotopic (exact) mass is 408 g/mol. The Morgan fingerprint density at radius 3 is 2.48 bits per heavy atom. The van der Waals surface area contributed by atoms with Gasteiger partial charge in [0, 0.05) is 22.6 Å². The highest BCUT2D eigenvalue weighted by Gasteiger charge is 2.19. The molecule has 2 aromatic rings. The van der Waals surface area contributed by atoms with E-state index in [1.807, 2.05) is 10.8 Å². The summed E-state index contributed by atoms with van der Waals surface area (Å²) in [5, 5.41) is 16.2. The van der Waals surface area contributed by atoms with Crippen LogP contribution in [0.3, 0.4) is 0 Å². The smallest absolute Gasteiger partial charge is 0.333 e. The van der Waals surface area contributed by atoms with Crippen molar-refractivity contribution in [2.75, 3.05) is 14.2 Å². The van der Waals surface area contributed by atoms with Crippen LogP contribution in [0.2, 0.25) is 0 Å². The van der Waals surface area contributed by atoms with Gasteiger partial charge in [-0.1, -0.05) is 26.8 Å². The molecule has 0 unspecified atom stereocenters. The number of esters is 1. The Bertz CT molecular complexity index is 823. The number of carbonyl (C=O) groups is 1. The van der Waals surface area contributed by atoms with Gasteiger partial charge >= 0.3 is 5.97 Å². The summed E-state index contributed by atoms with van der Waals surface area (Å²) in [6.07, 6.45) is 3.78. The number of carbonyl (C=O) groups excluding carboxylic acids is 1. The molecule has 2 heterocycles. The molecule has 2 aromatic heterocycles. The van der Waals surface area contributed by atoms with Gasteiger partial charge in [-0.3, -0.25) is 0 Å². The number of aliphatic hydroxyl groups excluding tert-OH is 1. The number of methoxy groups -OCH3 is 2. The Hall–Kier alpha value is -2.03. The standard InChI is InChI=1S/C19H24N2O4S2/c1-11(2)18-21-14(10-27-18)19-20-13(9-26-19)6-7-15(22)12(3)16(24-4)8-17(23)25-5/h6-12,15,22H,1-5H3/b7-6+,16-8+/t12-,15+/m1/s1. The average molecular weight is 409 g/mol. The lowest BCUT2D eigenvalue weighted by atomic mass is 10.0. The van der Waals surface area contributed by atoms with E-state index in [1.54, 1.807) is 30.4 Å².